The van der Waals surface area contributed by atoms with Gasteiger partial charge < -0.3 is 0 Å². The van der Waals surface area contributed by atoms with Gasteiger partial charge in [-0.05, 0) is 6.42 Å². The molecular weight excluding hydrogens is 168 g/mol. The van der Waals surface area contributed by atoms with Crippen LogP contribution in [0, 0.1) is 0 Å². The van der Waals surface area contributed by atoms with E-state index < -0.39 is 0 Å². The van der Waals surface area contributed by atoms with Gasteiger partial charge in [-0.15, -0.1) is 9.36 Å². The molecule has 0 aromatic carbocycles. The van der Waals surface area contributed by atoms with Gasteiger partial charge in [0.25, 0.3) is 6.33 Å². The van der Waals surface area contributed by atoms with Gasteiger partial charge in [-0.3, -0.25) is 4.79 Å². The minimum atomic E-state index is -0.0972. The van der Waals surface area contributed by atoms with Crippen molar-refractivity contribution >= 4 is 5.91 Å². The number of amides is 1. The highest BCUT2D eigenvalue weighted by Crippen LogP contribution is 1.89. The lowest BCUT2D eigenvalue weighted by atomic mass is 10.3. The maximum Gasteiger partial charge on any atom is 0.287 e. The molecule has 0 aliphatic rings. The van der Waals surface area contributed by atoms with Gasteiger partial charge >= 0.3 is 0 Å². The second kappa shape index (κ2) is 4.59. The molecule has 1 heterocycles. The average Bonchev–Trinajstić information content (AvgIpc) is 2.48. The number of nitrogens with one attached hydrogen (secondary N) is 1. The van der Waals surface area contributed by atoms with Crippen molar-refractivity contribution in [2.24, 2.45) is 0 Å². The normalized spacial score (nSPS) is 10.0. The van der Waals surface area contributed by atoms with E-state index in [4.69, 9.17) is 0 Å². The Morgan fingerprint density at radius 1 is 1.69 bits per heavy atom. The molecule has 1 aromatic rings. The molecule has 1 aromatic heterocycles. The summed E-state index contributed by atoms with van der Waals surface area (Å²) in [5.74, 6) is -0.0972. The summed E-state index contributed by atoms with van der Waals surface area (Å²) in [7, 11) is 0. The third-order valence-corrected chi connectivity index (χ3v) is 1.61. The second-order valence-corrected chi connectivity index (χ2v) is 2.94. The van der Waals surface area contributed by atoms with Crippen molar-refractivity contribution in [3.63, 3.8) is 0 Å². The van der Waals surface area contributed by atoms with E-state index in [9.17, 15) is 4.79 Å². The highest BCUT2D eigenvalue weighted by molar-refractivity contribution is 5.78. The Balaban J connectivity index is 2.48. The van der Waals surface area contributed by atoms with E-state index in [1.54, 1.807) is 22.0 Å². The Morgan fingerprint density at radius 3 is 3.08 bits per heavy atom. The molecule has 72 valence electrons. The minimum absolute atomic E-state index is 0.0972. The van der Waals surface area contributed by atoms with Gasteiger partial charge in [0.2, 0.25) is 12.2 Å². The predicted octanol–water partition coefficient (Wildman–Crippen LogP) is 0.0607. The van der Waals surface area contributed by atoms with Crippen LogP contribution in [0.25, 0.3) is 0 Å². The standard InChI is InChI=1S/C8H14N4O/c1-3-4-5-11-7-12(6-9-11)10-8(2)13/h6-7H,3-5H2,1-2H3/p+1. The molecule has 0 fully saturated rings. The molecule has 0 aliphatic carbocycles. The van der Waals surface area contributed by atoms with Crippen LogP contribution in [0.2, 0.25) is 0 Å². The Kier molecular flexibility index (Phi) is 3.42. The lowest BCUT2D eigenvalue weighted by Gasteiger charge is -1.92. The van der Waals surface area contributed by atoms with Crippen LogP contribution in [-0.4, -0.2) is 15.7 Å². The zero-order chi connectivity index (χ0) is 9.68. The fourth-order valence-corrected chi connectivity index (χ4v) is 1.00. The number of aryl methyl sites for hydroxylation is 1. The molecule has 0 aliphatic heterocycles. The van der Waals surface area contributed by atoms with Crippen LogP contribution < -0.4 is 10.1 Å². The SMILES string of the molecule is CCCCn1c[n+](NC(C)=O)cn1. The molecule has 0 saturated carbocycles. The number of hydrogen-bond acceptors (Lipinski definition) is 2. The van der Waals surface area contributed by atoms with Crippen LogP contribution in [0.3, 0.4) is 0 Å². The fourth-order valence-electron chi connectivity index (χ4n) is 1.00. The smallest absolute Gasteiger partial charge is 0.272 e. The van der Waals surface area contributed by atoms with Crippen molar-refractivity contribution in [3.8, 4) is 0 Å². The largest absolute Gasteiger partial charge is 0.287 e. The molecule has 1 amide bonds. The summed E-state index contributed by atoms with van der Waals surface area (Å²) >= 11 is 0. The van der Waals surface area contributed by atoms with Gasteiger partial charge in [0.1, 0.15) is 6.54 Å². The predicted molar refractivity (Wildman–Crippen MR) is 47.4 cm³/mol. The first-order valence-electron chi connectivity index (χ1n) is 4.43. The maximum atomic E-state index is 10.7. The van der Waals surface area contributed by atoms with Crippen molar-refractivity contribution < 1.29 is 9.47 Å². The molecule has 0 saturated heterocycles. The van der Waals surface area contributed by atoms with Crippen LogP contribution in [-0.2, 0) is 11.3 Å². The van der Waals surface area contributed by atoms with Crippen molar-refractivity contribution in [1.82, 2.24) is 9.78 Å². The van der Waals surface area contributed by atoms with E-state index in [1.165, 1.54) is 6.92 Å². The number of rotatable bonds is 4. The Hall–Kier alpha value is -1.39. The summed E-state index contributed by atoms with van der Waals surface area (Å²) in [4.78, 5) is 10.7. The van der Waals surface area contributed by atoms with Crippen molar-refractivity contribution in [2.45, 2.75) is 33.2 Å². The monoisotopic (exact) mass is 183 g/mol. The highest BCUT2D eigenvalue weighted by atomic mass is 16.2. The third-order valence-electron chi connectivity index (χ3n) is 1.61. The van der Waals surface area contributed by atoms with Crippen molar-refractivity contribution in [1.29, 1.82) is 0 Å². The van der Waals surface area contributed by atoms with Gasteiger partial charge in [0, 0.05) is 12.0 Å². The molecule has 0 bridgehead atoms. The van der Waals surface area contributed by atoms with E-state index in [1.807, 2.05) is 0 Å². The Morgan fingerprint density at radius 2 is 2.46 bits per heavy atom. The number of carbonyl (C=O) groups is 1. The molecule has 13 heavy (non-hydrogen) atoms. The maximum absolute atomic E-state index is 10.7. The summed E-state index contributed by atoms with van der Waals surface area (Å²) in [6.07, 6.45) is 5.58. The second-order valence-electron chi connectivity index (χ2n) is 2.94. The molecule has 0 radical (unpaired) electrons. The topological polar surface area (TPSA) is 50.8 Å². The number of aromatic nitrogens is 3. The first kappa shape index (κ1) is 9.70. The zero-order valence-corrected chi connectivity index (χ0v) is 8.03. The number of hydrogen-bond donors (Lipinski definition) is 1. The van der Waals surface area contributed by atoms with E-state index in [0.717, 1.165) is 19.4 Å². The molecule has 5 heteroatoms. The minimum Gasteiger partial charge on any atom is -0.272 e. The Labute approximate surface area is 77.3 Å². The summed E-state index contributed by atoms with van der Waals surface area (Å²) in [5.41, 5.74) is 2.60. The molecule has 1 N–H and O–H groups in total. The van der Waals surface area contributed by atoms with Gasteiger partial charge in [-0.25, -0.2) is 5.43 Å². The summed E-state index contributed by atoms with van der Waals surface area (Å²) in [6, 6.07) is 0. The molecular formula is C8H15N4O+. The first-order chi connectivity index (χ1) is 6.22. The molecule has 1 rings (SSSR count). The van der Waals surface area contributed by atoms with E-state index in [-0.39, 0.29) is 5.91 Å². The lowest BCUT2D eigenvalue weighted by Crippen LogP contribution is -2.45. The summed E-state index contributed by atoms with van der Waals surface area (Å²) < 4.78 is 3.36. The number of carbonyl (C=O) groups excluding carboxylic acids is 1. The lowest BCUT2D eigenvalue weighted by molar-refractivity contribution is -0.643. The van der Waals surface area contributed by atoms with Gasteiger partial charge in [-0.2, -0.15) is 0 Å². The quantitative estimate of drug-likeness (QED) is 0.671. The molecule has 0 atom stereocenters. The van der Waals surface area contributed by atoms with E-state index >= 15 is 0 Å². The summed E-state index contributed by atoms with van der Waals surface area (Å²) in [6.45, 7) is 4.49. The molecule has 0 unspecified atom stereocenters. The third kappa shape index (κ3) is 3.23. The molecule has 0 spiro atoms. The molecule has 5 nitrogen and oxygen atoms in total. The first-order valence-corrected chi connectivity index (χ1v) is 4.43. The Bertz CT molecular complexity index is 281. The van der Waals surface area contributed by atoms with Crippen LogP contribution in [0.1, 0.15) is 26.7 Å². The van der Waals surface area contributed by atoms with E-state index in [2.05, 4.69) is 17.4 Å². The van der Waals surface area contributed by atoms with Crippen LogP contribution in [0.5, 0.6) is 0 Å². The zero-order valence-electron chi connectivity index (χ0n) is 8.03. The van der Waals surface area contributed by atoms with E-state index in [0.29, 0.717) is 0 Å². The van der Waals surface area contributed by atoms with Gasteiger partial charge in [0.05, 0.1) is 0 Å². The average molecular weight is 183 g/mol. The highest BCUT2D eigenvalue weighted by Gasteiger charge is 2.05. The van der Waals surface area contributed by atoms with Gasteiger partial charge in [0.15, 0.2) is 0 Å². The summed E-state index contributed by atoms with van der Waals surface area (Å²) in [5, 5.41) is 4.07. The van der Waals surface area contributed by atoms with Crippen LogP contribution in [0.4, 0.5) is 0 Å². The van der Waals surface area contributed by atoms with Crippen molar-refractivity contribution in [2.75, 3.05) is 5.43 Å². The number of nitrogens with zero attached hydrogens (tertiary/aromatic N) is 3. The van der Waals surface area contributed by atoms with Gasteiger partial charge in [-0.1, -0.05) is 13.3 Å². The van der Waals surface area contributed by atoms with Crippen LogP contribution >= 0.6 is 0 Å². The van der Waals surface area contributed by atoms with Crippen LogP contribution in [0.15, 0.2) is 12.7 Å². The van der Waals surface area contributed by atoms with Crippen molar-refractivity contribution in [3.05, 3.63) is 12.7 Å². The fraction of sp³-hybridized carbons (Fsp3) is 0.625. The number of unbranched alkanes of at least 4 members (excludes halogenated alkanes) is 1.